The van der Waals surface area contributed by atoms with Gasteiger partial charge in [-0.3, -0.25) is 0 Å². The minimum atomic E-state index is 0. The Kier molecular flexibility index (Phi) is 9.22. The highest BCUT2D eigenvalue weighted by Gasteiger charge is 1.95. The smallest absolute Gasteiger partial charge is 0.0411 e. The number of rotatable bonds is 0. The van der Waals surface area contributed by atoms with Crippen LogP contribution in [0.1, 0.15) is 27.7 Å². The van der Waals surface area contributed by atoms with Crippen molar-refractivity contribution in [2.24, 2.45) is 5.41 Å². The van der Waals surface area contributed by atoms with Crippen LogP contribution < -0.4 is 12.3 Å². The van der Waals surface area contributed by atoms with Crippen molar-refractivity contribution in [1.82, 2.24) is 12.3 Å². The lowest BCUT2D eigenvalue weighted by Crippen LogP contribution is -1.93. The van der Waals surface area contributed by atoms with Crippen molar-refractivity contribution >= 4 is 0 Å². The van der Waals surface area contributed by atoms with Crippen LogP contribution in [0.5, 0.6) is 0 Å². The standard InChI is InChI=1S/C5H12.2H3N/c1-5(2,3)4;;/h1-4H3;2*1H3. The third-order valence-electron chi connectivity index (χ3n) is 0. The fraction of sp³-hybridized carbons (Fsp3) is 1.00. The van der Waals surface area contributed by atoms with Gasteiger partial charge in [0.1, 0.15) is 0 Å². The fourth-order valence-electron chi connectivity index (χ4n) is 0. The first-order valence-electron chi connectivity index (χ1n) is 2.00. The Balaban J connectivity index is -0.0000000800. The molecule has 0 atom stereocenters. The predicted molar refractivity (Wildman–Crippen MR) is 35.2 cm³/mol. The highest BCUT2D eigenvalue weighted by molar-refractivity contribution is 4.47. The Bertz CT molecular complexity index is 21.6. The molecule has 2 heteroatoms. The summed E-state index contributed by atoms with van der Waals surface area (Å²) in [7, 11) is 0. The molecule has 7 heavy (non-hydrogen) atoms. The van der Waals surface area contributed by atoms with Crippen molar-refractivity contribution in [3.8, 4) is 0 Å². The zero-order chi connectivity index (χ0) is 4.50. The van der Waals surface area contributed by atoms with Crippen LogP contribution in [-0.4, -0.2) is 0 Å². The molecule has 0 fully saturated rings. The van der Waals surface area contributed by atoms with Gasteiger partial charge in [-0.05, 0) is 5.41 Å². The molecule has 0 spiro atoms. The van der Waals surface area contributed by atoms with Gasteiger partial charge in [0, 0.05) is 0 Å². The van der Waals surface area contributed by atoms with E-state index in [0.717, 1.165) is 0 Å². The largest absolute Gasteiger partial charge is 0.344 e. The quantitative estimate of drug-likeness (QED) is 0.497. The molecule has 0 amide bonds. The highest BCUT2D eigenvalue weighted by Crippen LogP contribution is 2.07. The molecule has 0 saturated heterocycles. The molecule has 0 aromatic heterocycles. The zero-order valence-electron chi connectivity index (χ0n) is 5.91. The maximum absolute atomic E-state index is 2.19. The van der Waals surface area contributed by atoms with Crippen LogP contribution in [0, 0.1) is 5.41 Å². The Morgan fingerprint density at radius 1 is 0.714 bits per heavy atom. The minimum absolute atomic E-state index is 0. The molecule has 0 radical (unpaired) electrons. The molecule has 48 valence electrons. The van der Waals surface area contributed by atoms with E-state index in [-0.39, 0.29) is 12.3 Å². The maximum atomic E-state index is 2.19. The van der Waals surface area contributed by atoms with Gasteiger partial charge in [-0.25, -0.2) is 0 Å². The van der Waals surface area contributed by atoms with Gasteiger partial charge in [-0.1, -0.05) is 27.7 Å². The van der Waals surface area contributed by atoms with Crippen LogP contribution in [0.4, 0.5) is 0 Å². The van der Waals surface area contributed by atoms with Crippen molar-refractivity contribution in [3.05, 3.63) is 0 Å². The van der Waals surface area contributed by atoms with Gasteiger partial charge in [0.05, 0.1) is 0 Å². The predicted octanol–water partition coefficient (Wildman–Crippen LogP) is 2.38. The lowest BCUT2D eigenvalue weighted by atomic mass is 10.0. The van der Waals surface area contributed by atoms with Crippen LogP contribution in [-0.2, 0) is 0 Å². The summed E-state index contributed by atoms with van der Waals surface area (Å²) in [6.45, 7) is 8.75. The molecule has 0 aliphatic heterocycles. The maximum Gasteiger partial charge on any atom is -0.0411 e. The second kappa shape index (κ2) is 4.09. The summed E-state index contributed by atoms with van der Waals surface area (Å²) >= 11 is 0. The summed E-state index contributed by atoms with van der Waals surface area (Å²) in [5, 5.41) is 0. The summed E-state index contributed by atoms with van der Waals surface area (Å²) in [6.07, 6.45) is 0. The molecule has 2 nitrogen and oxygen atoms in total. The van der Waals surface area contributed by atoms with Gasteiger partial charge >= 0.3 is 0 Å². The third-order valence-corrected chi connectivity index (χ3v) is 0. The topological polar surface area (TPSA) is 70.0 Å². The second-order valence-electron chi connectivity index (χ2n) is 3.00. The Morgan fingerprint density at radius 3 is 0.714 bits per heavy atom. The highest BCUT2D eigenvalue weighted by atomic mass is 14.0. The molecule has 0 aliphatic rings. The molecular weight excluding hydrogens is 88.1 g/mol. The average Bonchev–Trinajstić information content (AvgIpc) is 0.722. The summed E-state index contributed by atoms with van der Waals surface area (Å²) in [6, 6.07) is 0. The Labute approximate surface area is 46.5 Å². The molecule has 0 saturated carbocycles. The molecule has 0 aromatic rings. The third kappa shape index (κ3) is 14200. The van der Waals surface area contributed by atoms with Crippen LogP contribution in [0.2, 0.25) is 0 Å². The van der Waals surface area contributed by atoms with E-state index >= 15 is 0 Å². The van der Waals surface area contributed by atoms with E-state index in [9.17, 15) is 0 Å². The SMILES string of the molecule is CC(C)(C)C.N.N. The average molecular weight is 106 g/mol. The monoisotopic (exact) mass is 106 g/mol. The summed E-state index contributed by atoms with van der Waals surface area (Å²) in [5.74, 6) is 0. The Morgan fingerprint density at radius 2 is 0.714 bits per heavy atom. The number of hydrogen-bond acceptors (Lipinski definition) is 2. The minimum Gasteiger partial charge on any atom is -0.344 e. The summed E-state index contributed by atoms with van der Waals surface area (Å²) in [4.78, 5) is 0. The summed E-state index contributed by atoms with van der Waals surface area (Å²) in [5.41, 5.74) is 0.500. The van der Waals surface area contributed by atoms with Gasteiger partial charge in [-0.15, -0.1) is 0 Å². The van der Waals surface area contributed by atoms with E-state index in [1.54, 1.807) is 0 Å². The second-order valence-corrected chi connectivity index (χ2v) is 3.00. The fourth-order valence-corrected chi connectivity index (χ4v) is 0. The number of hydrogen-bond donors (Lipinski definition) is 2. The molecule has 0 unspecified atom stereocenters. The van der Waals surface area contributed by atoms with Gasteiger partial charge in [0.15, 0.2) is 0 Å². The van der Waals surface area contributed by atoms with Crippen molar-refractivity contribution in [1.29, 1.82) is 0 Å². The summed E-state index contributed by atoms with van der Waals surface area (Å²) < 4.78 is 0. The first-order valence-corrected chi connectivity index (χ1v) is 2.00. The van der Waals surface area contributed by atoms with E-state index in [1.165, 1.54) is 0 Å². The van der Waals surface area contributed by atoms with Gasteiger partial charge in [0.2, 0.25) is 0 Å². The van der Waals surface area contributed by atoms with E-state index in [2.05, 4.69) is 27.7 Å². The van der Waals surface area contributed by atoms with Crippen molar-refractivity contribution < 1.29 is 0 Å². The van der Waals surface area contributed by atoms with Crippen LogP contribution in [0.15, 0.2) is 0 Å². The van der Waals surface area contributed by atoms with Crippen molar-refractivity contribution in [2.45, 2.75) is 27.7 Å². The first-order chi connectivity index (χ1) is 2.00. The van der Waals surface area contributed by atoms with Crippen molar-refractivity contribution in [2.75, 3.05) is 0 Å². The van der Waals surface area contributed by atoms with E-state index < -0.39 is 0 Å². The molecular formula is C5H18N2. The van der Waals surface area contributed by atoms with Crippen LogP contribution in [0.25, 0.3) is 0 Å². The van der Waals surface area contributed by atoms with E-state index in [0.29, 0.717) is 5.41 Å². The molecule has 0 aliphatic carbocycles. The lowest BCUT2D eigenvalue weighted by Gasteiger charge is -2.05. The van der Waals surface area contributed by atoms with E-state index in [1.807, 2.05) is 0 Å². The normalized spacial score (nSPS) is 8.57. The van der Waals surface area contributed by atoms with Crippen molar-refractivity contribution in [3.63, 3.8) is 0 Å². The first kappa shape index (κ1) is 15.8. The van der Waals surface area contributed by atoms with Gasteiger partial charge in [-0.2, -0.15) is 0 Å². The Hall–Kier alpha value is -0.0800. The van der Waals surface area contributed by atoms with Gasteiger partial charge in [0.25, 0.3) is 0 Å². The van der Waals surface area contributed by atoms with Crippen LogP contribution >= 0.6 is 0 Å². The van der Waals surface area contributed by atoms with E-state index in [4.69, 9.17) is 0 Å². The molecule has 6 N–H and O–H groups in total. The lowest BCUT2D eigenvalue weighted by molar-refractivity contribution is 0.469. The van der Waals surface area contributed by atoms with Gasteiger partial charge < -0.3 is 12.3 Å². The molecule has 0 rings (SSSR count). The molecule has 0 aromatic carbocycles. The molecule has 0 heterocycles. The van der Waals surface area contributed by atoms with Crippen LogP contribution in [0.3, 0.4) is 0 Å². The molecule has 0 bridgehead atoms. The zero-order valence-corrected chi connectivity index (χ0v) is 5.91.